The Hall–Kier alpha value is -0.650. The molecule has 0 N–H and O–H groups in total. The fourth-order valence-electron chi connectivity index (χ4n) is 1.56. The molecule has 0 aliphatic heterocycles. The van der Waals surface area contributed by atoms with Crippen LogP contribution in [0.5, 0.6) is 0 Å². The molecule has 0 aromatic heterocycles. The van der Waals surface area contributed by atoms with Crippen LogP contribution in [-0.4, -0.2) is 64.0 Å². The van der Waals surface area contributed by atoms with E-state index >= 15 is 0 Å². The van der Waals surface area contributed by atoms with Crippen molar-refractivity contribution in [3.8, 4) is 0 Å². The third kappa shape index (κ3) is 10.5. The molecule has 0 aliphatic rings. The summed E-state index contributed by atoms with van der Waals surface area (Å²) in [6.45, 7) is 9.52. The van der Waals surface area contributed by atoms with Gasteiger partial charge in [-0.3, -0.25) is 9.69 Å². The van der Waals surface area contributed by atoms with Crippen LogP contribution in [0, 0.1) is 0 Å². The van der Waals surface area contributed by atoms with E-state index in [1.54, 1.807) is 0 Å². The quantitative estimate of drug-likeness (QED) is 0.391. The van der Waals surface area contributed by atoms with Crippen molar-refractivity contribution in [1.82, 2.24) is 4.90 Å². The first-order chi connectivity index (χ1) is 8.74. The molecule has 5 nitrogen and oxygen atoms in total. The van der Waals surface area contributed by atoms with Crippen LogP contribution in [0.15, 0.2) is 0 Å². The fraction of sp³-hybridized carbons (Fsp3) is 0.923. The lowest BCUT2D eigenvalue weighted by atomic mass is 10.3. The lowest BCUT2D eigenvalue weighted by Crippen LogP contribution is -2.32. The molecular weight excluding hydrogens is 234 g/mol. The van der Waals surface area contributed by atoms with Gasteiger partial charge in [0.25, 0.3) is 0 Å². The Morgan fingerprint density at radius 2 is 1.56 bits per heavy atom. The maximum Gasteiger partial charge on any atom is 0.305 e. The van der Waals surface area contributed by atoms with Gasteiger partial charge in [0.2, 0.25) is 0 Å². The summed E-state index contributed by atoms with van der Waals surface area (Å²) in [4.78, 5) is 13.3. The van der Waals surface area contributed by atoms with E-state index in [9.17, 15) is 4.79 Å². The molecule has 0 amide bonds. The highest BCUT2D eigenvalue weighted by Crippen LogP contribution is 1.98. The maximum absolute atomic E-state index is 11.0. The summed E-state index contributed by atoms with van der Waals surface area (Å²) in [6, 6.07) is 0. The number of carbonyl (C=O) groups excluding carboxylic acids is 1. The maximum atomic E-state index is 11.0. The Morgan fingerprint density at radius 3 is 2.00 bits per heavy atom. The number of ether oxygens (including phenoxy) is 3. The number of nitrogens with zero attached hydrogens (tertiary/aromatic N) is 1. The number of methoxy groups -OCH3 is 1. The van der Waals surface area contributed by atoms with Gasteiger partial charge >= 0.3 is 5.97 Å². The third-order valence-electron chi connectivity index (χ3n) is 2.59. The zero-order chi connectivity index (χ0) is 13.6. The normalized spacial score (nSPS) is 10.9. The number of rotatable bonds is 12. The fourth-order valence-corrected chi connectivity index (χ4v) is 1.56. The smallest absolute Gasteiger partial charge is 0.305 e. The van der Waals surface area contributed by atoms with Gasteiger partial charge < -0.3 is 14.2 Å². The standard InChI is InChI=1S/C13H27NO4/c1-4-17-11-9-14(10-12-18-5-2)8-6-7-13(15)16-3/h4-12H2,1-3H3. The van der Waals surface area contributed by atoms with Crippen molar-refractivity contribution >= 4 is 5.97 Å². The second-order valence-corrected chi connectivity index (χ2v) is 3.92. The highest BCUT2D eigenvalue weighted by molar-refractivity contribution is 5.69. The Bertz CT molecular complexity index is 189. The Kier molecular flexibility index (Phi) is 12.3. The van der Waals surface area contributed by atoms with Gasteiger partial charge in [-0.25, -0.2) is 0 Å². The predicted molar refractivity (Wildman–Crippen MR) is 70.7 cm³/mol. The number of carbonyl (C=O) groups is 1. The van der Waals surface area contributed by atoms with Crippen molar-refractivity contribution in [2.75, 3.05) is 53.2 Å². The van der Waals surface area contributed by atoms with Gasteiger partial charge in [0.15, 0.2) is 0 Å². The van der Waals surface area contributed by atoms with Crippen molar-refractivity contribution in [2.24, 2.45) is 0 Å². The summed E-state index contributed by atoms with van der Waals surface area (Å²) in [5.41, 5.74) is 0. The SMILES string of the molecule is CCOCCN(CCCC(=O)OC)CCOCC. The van der Waals surface area contributed by atoms with Crippen LogP contribution in [0.4, 0.5) is 0 Å². The molecule has 0 spiro atoms. The molecule has 0 saturated heterocycles. The monoisotopic (exact) mass is 261 g/mol. The second-order valence-electron chi connectivity index (χ2n) is 3.92. The first-order valence-electron chi connectivity index (χ1n) is 6.69. The molecule has 108 valence electrons. The topological polar surface area (TPSA) is 48.0 Å². The van der Waals surface area contributed by atoms with Crippen molar-refractivity contribution in [3.63, 3.8) is 0 Å². The van der Waals surface area contributed by atoms with Gasteiger partial charge in [0.1, 0.15) is 0 Å². The zero-order valence-electron chi connectivity index (χ0n) is 11.9. The van der Waals surface area contributed by atoms with E-state index in [1.165, 1.54) is 7.11 Å². The van der Waals surface area contributed by atoms with E-state index in [0.717, 1.165) is 52.5 Å². The van der Waals surface area contributed by atoms with Gasteiger partial charge in [-0.2, -0.15) is 0 Å². The molecule has 0 saturated carbocycles. The highest BCUT2D eigenvalue weighted by Gasteiger charge is 2.06. The Morgan fingerprint density at radius 1 is 1.00 bits per heavy atom. The zero-order valence-corrected chi connectivity index (χ0v) is 11.9. The number of hydrogen-bond acceptors (Lipinski definition) is 5. The van der Waals surface area contributed by atoms with E-state index < -0.39 is 0 Å². The molecule has 0 fully saturated rings. The van der Waals surface area contributed by atoms with Gasteiger partial charge in [0, 0.05) is 32.7 Å². The van der Waals surface area contributed by atoms with E-state index in [-0.39, 0.29) is 5.97 Å². The lowest BCUT2D eigenvalue weighted by molar-refractivity contribution is -0.140. The summed E-state index contributed by atoms with van der Waals surface area (Å²) < 4.78 is 15.3. The molecule has 0 aliphatic carbocycles. The molecule has 5 heteroatoms. The molecule has 0 atom stereocenters. The van der Waals surface area contributed by atoms with Crippen molar-refractivity contribution in [3.05, 3.63) is 0 Å². The van der Waals surface area contributed by atoms with E-state index in [2.05, 4.69) is 9.64 Å². The number of hydrogen-bond donors (Lipinski definition) is 0. The van der Waals surface area contributed by atoms with Crippen molar-refractivity contribution in [2.45, 2.75) is 26.7 Å². The molecule has 0 bridgehead atoms. The first-order valence-corrected chi connectivity index (χ1v) is 6.69. The van der Waals surface area contributed by atoms with E-state index in [1.807, 2.05) is 13.8 Å². The van der Waals surface area contributed by atoms with Crippen LogP contribution in [0.2, 0.25) is 0 Å². The van der Waals surface area contributed by atoms with Gasteiger partial charge in [-0.05, 0) is 26.8 Å². The Labute approximate surface area is 110 Å². The minimum Gasteiger partial charge on any atom is -0.469 e. The average molecular weight is 261 g/mol. The molecule has 0 rings (SSSR count). The van der Waals surface area contributed by atoms with E-state index in [4.69, 9.17) is 9.47 Å². The van der Waals surface area contributed by atoms with Crippen LogP contribution in [-0.2, 0) is 19.0 Å². The third-order valence-corrected chi connectivity index (χ3v) is 2.59. The van der Waals surface area contributed by atoms with E-state index in [0.29, 0.717) is 6.42 Å². The highest BCUT2D eigenvalue weighted by atomic mass is 16.5. The van der Waals surface area contributed by atoms with Gasteiger partial charge in [-0.15, -0.1) is 0 Å². The van der Waals surface area contributed by atoms with Crippen LogP contribution >= 0.6 is 0 Å². The summed E-state index contributed by atoms with van der Waals surface area (Å²) >= 11 is 0. The van der Waals surface area contributed by atoms with Crippen LogP contribution in [0.3, 0.4) is 0 Å². The molecule has 18 heavy (non-hydrogen) atoms. The van der Waals surface area contributed by atoms with Crippen LogP contribution < -0.4 is 0 Å². The molecular formula is C13H27NO4. The van der Waals surface area contributed by atoms with Crippen molar-refractivity contribution < 1.29 is 19.0 Å². The predicted octanol–water partition coefficient (Wildman–Crippen LogP) is 1.31. The molecule has 0 aromatic rings. The summed E-state index contributed by atoms with van der Waals surface area (Å²) in [5, 5.41) is 0. The van der Waals surface area contributed by atoms with Gasteiger partial charge in [0.05, 0.1) is 20.3 Å². The number of esters is 1. The lowest BCUT2D eigenvalue weighted by Gasteiger charge is -2.21. The summed E-state index contributed by atoms with van der Waals surface area (Å²) in [7, 11) is 1.42. The molecule has 0 radical (unpaired) electrons. The minimum atomic E-state index is -0.149. The van der Waals surface area contributed by atoms with Crippen LogP contribution in [0.1, 0.15) is 26.7 Å². The molecule has 0 aromatic carbocycles. The largest absolute Gasteiger partial charge is 0.469 e. The Balaban J connectivity index is 3.76. The average Bonchev–Trinajstić information content (AvgIpc) is 2.38. The molecule has 0 heterocycles. The van der Waals surface area contributed by atoms with Crippen molar-refractivity contribution in [1.29, 1.82) is 0 Å². The first kappa shape index (κ1) is 17.4. The summed E-state index contributed by atoms with van der Waals surface area (Å²) in [6.07, 6.45) is 1.28. The van der Waals surface area contributed by atoms with Crippen LogP contribution in [0.25, 0.3) is 0 Å². The molecule has 0 unspecified atom stereocenters. The summed E-state index contributed by atoms with van der Waals surface area (Å²) in [5.74, 6) is -0.149. The minimum absolute atomic E-state index is 0.149. The van der Waals surface area contributed by atoms with Gasteiger partial charge in [-0.1, -0.05) is 0 Å². The second kappa shape index (κ2) is 12.8.